The molecule has 0 saturated heterocycles. The van der Waals surface area contributed by atoms with Crippen molar-refractivity contribution in [3.8, 4) is 28.0 Å². The Bertz CT molecular complexity index is 1270. The molecule has 1 nitrogen and oxygen atoms in total. The van der Waals surface area contributed by atoms with Crippen LogP contribution in [0.3, 0.4) is 0 Å². The van der Waals surface area contributed by atoms with Crippen LogP contribution in [0.5, 0.6) is 5.75 Å². The molecule has 0 amide bonds. The van der Waals surface area contributed by atoms with E-state index in [2.05, 4.69) is 78.9 Å². The van der Waals surface area contributed by atoms with Crippen molar-refractivity contribution in [3.05, 3.63) is 103 Å². The molecule has 0 aromatic heterocycles. The Morgan fingerprint density at radius 1 is 0.407 bits per heavy atom. The second kappa shape index (κ2) is 6.30. The zero-order chi connectivity index (χ0) is 18.2. The van der Waals surface area contributed by atoms with Gasteiger partial charge in [0.1, 0.15) is 5.75 Å². The lowest BCUT2D eigenvalue weighted by Crippen LogP contribution is -1.89. The van der Waals surface area contributed by atoms with Gasteiger partial charge >= 0.3 is 0 Å². The Kier molecular flexibility index (Phi) is 3.65. The van der Waals surface area contributed by atoms with Gasteiger partial charge in [0.15, 0.2) is 0 Å². The molecule has 0 heterocycles. The monoisotopic (exact) mass is 346 g/mol. The molecule has 0 unspecified atom stereocenters. The van der Waals surface area contributed by atoms with Crippen LogP contribution in [-0.4, -0.2) is 5.11 Å². The molecule has 5 rings (SSSR count). The van der Waals surface area contributed by atoms with Crippen LogP contribution >= 0.6 is 0 Å². The van der Waals surface area contributed by atoms with Crippen molar-refractivity contribution < 1.29 is 5.11 Å². The van der Waals surface area contributed by atoms with Gasteiger partial charge in [0.2, 0.25) is 0 Å². The van der Waals surface area contributed by atoms with E-state index in [-0.39, 0.29) is 0 Å². The predicted octanol–water partition coefficient (Wildman–Crippen LogP) is 7.03. The number of benzene rings is 5. The lowest BCUT2D eigenvalue weighted by Gasteiger charge is -2.16. The van der Waals surface area contributed by atoms with Crippen LogP contribution in [0.15, 0.2) is 103 Å². The van der Waals surface area contributed by atoms with Gasteiger partial charge in [0.25, 0.3) is 0 Å². The molecule has 0 aliphatic carbocycles. The van der Waals surface area contributed by atoms with Crippen molar-refractivity contribution in [2.75, 3.05) is 0 Å². The lowest BCUT2D eigenvalue weighted by atomic mass is 9.89. The molecule has 0 aliphatic heterocycles. The van der Waals surface area contributed by atoms with Crippen molar-refractivity contribution in [2.24, 2.45) is 0 Å². The Morgan fingerprint density at radius 3 is 1.59 bits per heavy atom. The van der Waals surface area contributed by atoms with E-state index in [4.69, 9.17) is 0 Å². The summed E-state index contributed by atoms with van der Waals surface area (Å²) in [6, 6.07) is 35.1. The van der Waals surface area contributed by atoms with Crippen LogP contribution in [0, 0.1) is 0 Å². The van der Waals surface area contributed by atoms with Crippen molar-refractivity contribution in [3.63, 3.8) is 0 Å². The first-order valence-electron chi connectivity index (χ1n) is 9.11. The van der Waals surface area contributed by atoms with Crippen molar-refractivity contribution in [1.82, 2.24) is 0 Å². The summed E-state index contributed by atoms with van der Waals surface area (Å²) in [5, 5.41) is 15.5. The predicted molar refractivity (Wildman–Crippen MR) is 114 cm³/mol. The highest BCUT2D eigenvalue weighted by molar-refractivity contribution is 6.06. The first kappa shape index (κ1) is 15.7. The van der Waals surface area contributed by atoms with Gasteiger partial charge in [-0.1, -0.05) is 97.1 Å². The Morgan fingerprint density at radius 2 is 0.889 bits per heavy atom. The van der Waals surface area contributed by atoms with E-state index in [0.717, 1.165) is 27.6 Å². The average Bonchev–Trinajstić information content (AvgIpc) is 2.73. The Labute approximate surface area is 158 Å². The molecule has 0 spiro atoms. The third-order valence-electron chi connectivity index (χ3n) is 5.18. The molecule has 0 saturated carbocycles. The van der Waals surface area contributed by atoms with E-state index in [1.807, 2.05) is 18.2 Å². The quantitative estimate of drug-likeness (QED) is 0.364. The van der Waals surface area contributed by atoms with Gasteiger partial charge in [0.05, 0.1) is 0 Å². The summed E-state index contributed by atoms with van der Waals surface area (Å²) >= 11 is 0. The summed E-state index contributed by atoms with van der Waals surface area (Å²) in [5.74, 6) is 0.303. The number of phenols is 1. The number of aromatic hydroxyl groups is 1. The Hall–Kier alpha value is -3.58. The molecule has 0 bridgehead atoms. The smallest absolute Gasteiger partial charge is 0.124 e. The largest absolute Gasteiger partial charge is 0.507 e. The zero-order valence-electron chi connectivity index (χ0n) is 14.8. The van der Waals surface area contributed by atoms with Gasteiger partial charge in [-0.3, -0.25) is 0 Å². The number of hydrogen-bond acceptors (Lipinski definition) is 1. The van der Waals surface area contributed by atoms with Crippen molar-refractivity contribution in [1.29, 1.82) is 0 Å². The van der Waals surface area contributed by atoms with Crippen LogP contribution in [-0.2, 0) is 0 Å². The van der Waals surface area contributed by atoms with E-state index in [1.165, 1.54) is 16.2 Å². The normalized spacial score (nSPS) is 11.1. The van der Waals surface area contributed by atoms with E-state index >= 15 is 0 Å². The molecule has 1 heteroatoms. The topological polar surface area (TPSA) is 20.2 Å². The van der Waals surface area contributed by atoms with Gasteiger partial charge in [-0.05, 0) is 44.3 Å². The maximum atomic E-state index is 10.8. The third kappa shape index (κ3) is 2.56. The van der Waals surface area contributed by atoms with Gasteiger partial charge in [-0.15, -0.1) is 0 Å². The second-order valence-corrected chi connectivity index (χ2v) is 6.75. The van der Waals surface area contributed by atoms with E-state index in [1.54, 1.807) is 6.07 Å². The van der Waals surface area contributed by atoms with Crippen LogP contribution in [0.2, 0.25) is 0 Å². The maximum Gasteiger partial charge on any atom is 0.124 e. The van der Waals surface area contributed by atoms with E-state index in [0.29, 0.717) is 5.75 Å². The maximum absolute atomic E-state index is 10.8. The van der Waals surface area contributed by atoms with Crippen molar-refractivity contribution >= 4 is 21.5 Å². The summed E-state index contributed by atoms with van der Waals surface area (Å²) < 4.78 is 0. The SMILES string of the molecule is Oc1cccc(-c2cccc3ccccc23)c1-c1cccc2ccccc12. The summed E-state index contributed by atoms with van der Waals surface area (Å²) in [7, 11) is 0. The van der Waals surface area contributed by atoms with Crippen molar-refractivity contribution in [2.45, 2.75) is 0 Å². The summed E-state index contributed by atoms with van der Waals surface area (Å²) in [5.41, 5.74) is 4.11. The molecule has 0 radical (unpaired) electrons. The van der Waals surface area contributed by atoms with Crippen LogP contribution < -0.4 is 0 Å². The van der Waals surface area contributed by atoms with Gasteiger partial charge in [-0.2, -0.15) is 0 Å². The number of phenolic OH excluding ortho intramolecular Hbond substituents is 1. The highest BCUT2D eigenvalue weighted by Crippen LogP contribution is 2.43. The van der Waals surface area contributed by atoms with Crippen LogP contribution in [0.1, 0.15) is 0 Å². The second-order valence-electron chi connectivity index (χ2n) is 6.75. The van der Waals surface area contributed by atoms with E-state index < -0.39 is 0 Å². The van der Waals surface area contributed by atoms with Crippen LogP contribution in [0.25, 0.3) is 43.8 Å². The lowest BCUT2D eigenvalue weighted by molar-refractivity contribution is 0.477. The van der Waals surface area contributed by atoms with Gasteiger partial charge < -0.3 is 5.11 Å². The molecule has 0 aliphatic rings. The summed E-state index contributed by atoms with van der Waals surface area (Å²) in [6.07, 6.45) is 0. The van der Waals surface area contributed by atoms with Crippen LogP contribution in [0.4, 0.5) is 0 Å². The fraction of sp³-hybridized carbons (Fsp3) is 0. The fourth-order valence-corrected chi connectivity index (χ4v) is 3.95. The third-order valence-corrected chi connectivity index (χ3v) is 5.18. The molecule has 1 N–H and O–H groups in total. The van der Waals surface area contributed by atoms with Gasteiger partial charge in [0, 0.05) is 5.56 Å². The molecular weight excluding hydrogens is 328 g/mol. The number of fused-ring (bicyclic) bond motifs is 2. The molecule has 0 atom stereocenters. The highest BCUT2D eigenvalue weighted by Gasteiger charge is 2.15. The standard InChI is InChI=1S/C26H18O/c27-25-17-7-16-24(22-14-5-10-18-8-1-3-12-20(18)22)26(25)23-15-6-11-19-9-2-4-13-21(19)23/h1-17,27H. The number of rotatable bonds is 2. The highest BCUT2D eigenvalue weighted by atomic mass is 16.3. The van der Waals surface area contributed by atoms with E-state index in [9.17, 15) is 5.11 Å². The molecule has 5 aromatic carbocycles. The molecular formula is C26H18O. The molecule has 27 heavy (non-hydrogen) atoms. The number of hydrogen-bond donors (Lipinski definition) is 1. The fourth-order valence-electron chi connectivity index (χ4n) is 3.95. The average molecular weight is 346 g/mol. The molecule has 128 valence electrons. The minimum absolute atomic E-state index is 0.303. The Balaban J connectivity index is 1.88. The molecule has 5 aromatic rings. The molecule has 0 fully saturated rings. The zero-order valence-corrected chi connectivity index (χ0v) is 14.8. The summed E-state index contributed by atoms with van der Waals surface area (Å²) in [4.78, 5) is 0. The first-order valence-corrected chi connectivity index (χ1v) is 9.11. The minimum Gasteiger partial charge on any atom is -0.507 e. The first-order chi connectivity index (χ1) is 13.3. The summed E-state index contributed by atoms with van der Waals surface area (Å²) in [6.45, 7) is 0. The minimum atomic E-state index is 0.303. The van der Waals surface area contributed by atoms with Gasteiger partial charge in [-0.25, -0.2) is 0 Å².